The topological polar surface area (TPSA) is 119 Å². The average Bonchev–Trinajstić information content (AvgIpc) is 3.33. The summed E-state index contributed by atoms with van der Waals surface area (Å²) >= 11 is 0. The van der Waals surface area contributed by atoms with Crippen molar-refractivity contribution in [2.24, 2.45) is 17.6 Å². The van der Waals surface area contributed by atoms with Crippen LogP contribution in [-0.4, -0.2) is 45.9 Å². The van der Waals surface area contributed by atoms with Crippen LogP contribution in [0.15, 0.2) is 34.9 Å². The van der Waals surface area contributed by atoms with E-state index in [-0.39, 0.29) is 35.5 Å². The highest BCUT2D eigenvalue weighted by Gasteiger charge is 2.50. The van der Waals surface area contributed by atoms with Gasteiger partial charge in [0, 0.05) is 25.1 Å². The molecule has 2 heterocycles. The number of likely N-dealkylation sites (tertiary alicyclic amines) is 1. The molecule has 0 radical (unpaired) electrons. The number of amides is 2. The maximum absolute atomic E-state index is 13.1. The van der Waals surface area contributed by atoms with Crippen molar-refractivity contribution in [1.29, 1.82) is 0 Å². The number of rotatable bonds is 5. The number of nitrogens with zero attached hydrogens (tertiary/aromatic N) is 2. The number of carbonyl (C=O) groups excluding carboxylic acids is 1. The lowest BCUT2D eigenvalue weighted by Gasteiger charge is -2.25. The predicted molar refractivity (Wildman–Crippen MR) is 94.3 cm³/mol. The van der Waals surface area contributed by atoms with Gasteiger partial charge in [0.1, 0.15) is 17.3 Å². The van der Waals surface area contributed by atoms with Gasteiger partial charge in [-0.2, -0.15) is 0 Å². The maximum atomic E-state index is 13.1. The van der Waals surface area contributed by atoms with Gasteiger partial charge in [-0.1, -0.05) is 5.16 Å². The van der Waals surface area contributed by atoms with E-state index in [1.165, 1.54) is 23.1 Å². The summed E-state index contributed by atoms with van der Waals surface area (Å²) in [6.45, 7) is 0.421. The Kier molecular flexibility index (Phi) is 4.66. The average molecular weight is 389 g/mol. The summed E-state index contributed by atoms with van der Waals surface area (Å²) in [5.74, 6) is 0.278. The lowest BCUT2D eigenvalue weighted by Crippen LogP contribution is -2.39. The van der Waals surface area contributed by atoms with Crippen molar-refractivity contribution in [1.82, 2.24) is 10.1 Å². The quantitative estimate of drug-likeness (QED) is 0.810. The Balaban J connectivity index is 1.47. The molecule has 2 aliphatic rings. The molecule has 1 saturated carbocycles. The van der Waals surface area contributed by atoms with Crippen molar-refractivity contribution < 1.29 is 28.3 Å². The molecule has 9 heteroatoms. The van der Waals surface area contributed by atoms with E-state index in [2.05, 4.69) is 5.16 Å². The summed E-state index contributed by atoms with van der Waals surface area (Å²) in [5, 5.41) is 13.2. The highest BCUT2D eigenvalue weighted by Crippen LogP contribution is 2.44. The molecule has 1 aliphatic carbocycles. The number of nitrogens with two attached hydrogens (primary N) is 1. The fourth-order valence-electron chi connectivity index (χ4n) is 4.42. The molecule has 2 fully saturated rings. The normalized spacial score (nSPS) is 26.2. The second-order valence-corrected chi connectivity index (χ2v) is 7.34. The standard InChI is InChI=1S/C19H20FN3O5/c20-11-1-3-12(4-2-11)27-13-5-10-9-23(19(25)26)17(15(10)6-13)8-14-7-16(18(21)24)22-28-14/h1-4,7,10,13,15,17H,5-6,8-9H2,(H2,21,24)(H,25,26)/t10-,13-,15-,17?/m0/s1. The molecule has 28 heavy (non-hydrogen) atoms. The minimum absolute atomic E-state index is 0.0235. The molecule has 1 aliphatic heterocycles. The Morgan fingerprint density at radius 3 is 2.71 bits per heavy atom. The first kappa shape index (κ1) is 18.3. The van der Waals surface area contributed by atoms with Crippen molar-refractivity contribution in [3.63, 3.8) is 0 Å². The summed E-state index contributed by atoms with van der Waals surface area (Å²) in [5.41, 5.74) is 5.21. The Morgan fingerprint density at radius 1 is 1.32 bits per heavy atom. The Labute approximate surface area is 160 Å². The number of fused-ring (bicyclic) bond motifs is 1. The zero-order chi connectivity index (χ0) is 19.8. The SMILES string of the molecule is NC(=O)c1cc(CC2[C@H]3C[C@@H](Oc4ccc(F)cc4)C[C@H]3CN2C(=O)O)on1. The molecule has 2 amide bonds. The molecular weight excluding hydrogens is 369 g/mol. The summed E-state index contributed by atoms with van der Waals surface area (Å²) in [4.78, 5) is 24.3. The molecule has 4 rings (SSSR count). The van der Waals surface area contributed by atoms with E-state index in [0.29, 0.717) is 30.9 Å². The third-order valence-corrected chi connectivity index (χ3v) is 5.62. The molecule has 2 aromatic rings. The molecule has 4 atom stereocenters. The molecule has 1 unspecified atom stereocenters. The highest BCUT2D eigenvalue weighted by molar-refractivity contribution is 5.90. The van der Waals surface area contributed by atoms with Gasteiger partial charge in [0.25, 0.3) is 5.91 Å². The molecule has 0 bridgehead atoms. The van der Waals surface area contributed by atoms with Crippen LogP contribution in [0.4, 0.5) is 9.18 Å². The predicted octanol–water partition coefficient (Wildman–Crippen LogP) is 2.29. The number of halogens is 1. The van der Waals surface area contributed by atoms with Crippen LogP contribution in [0.2, 0.25) is 0 Å². The largest absolute Gasteiger partial charge is 0.490 e. The van der Waals surface area contributed by atoms with Crippen LogP contribution in [0.5, 0.6) is 5.75 Å². The number of carboxylic acid groups (broad SMARTS) is 1. The first-order valence-corrected chi connectivity index (χ1v) is 9.08. The van der Waals surface area contributed by atoms with Gasteiger partial charge in [0.05, 0.1) is 6.10 Å². The molecule has 1 saturated heterocycles. The Morgan fingerprint density at radius 2 is 2.07 bits per heavy atom. The van der Waals surface area contributed by atoms with Crippen molar-refractivity contribution in [2.75, 3.05) is 6.54 Å². The van der Waals surface area contributed by atoms with Gasteiger partial charge in [-0.05, 0) is 48.9 Å². The summed E-state index contributed by atoms with van der Waals surface area (Å²) in [6, 6.07) is 7.03. The second kappa shape index (κ2) is 7.14. The molecule has 1 aromatic carbocycles. The number of primary amides is 1. The maximum Gasteiger partial charge on any atom is 0.407 e. The van der Waals surface area contributed by atoms with E-state index in [1.807, 2.05) is 0 Å². The van der Waals surface area contributed by atoms with Crippen LogP contribution in [0.25, 0.3) is 0 Å². The van der Waals surface area contributed by atoms with E-state index in [9.17, 15) is 19.1 Å². The summed E-state index contributed by atoms with van der Waals surface area (Å²) < 4.78 is 24.2. The summed E-state index contributed by atoms with van der Waals surface area (Å²) in [6.07, 6.45) is 0.690. The smallest absolute Gasteiger partial charge is 0.407 e. The van der Waals surface area contributed by atoms with E-state index < -0.39 is 12.0 Å². The van der Waals surface area contributed by atoms with Crippen LogP contribution in [0.1, 0.15) is 29.1 Å². The third kappa shape index (κ3) is 3.51. The van der Waals surface area contributed by atoms with E-state index in [0.717, 1.165) is 6.42 Å². The van der Waals surface area contributed by atoms with Gasteiger partial charge in [-0.3, -0.25) is 4.79 Å². The molecule has 1 aromatic heterocycles. The van der Waals surface area contributed by atoms with Crippen molar-refractivity contribution >= 4 is 12.0 Å². The van der Waals surface area contributed by atoms with Gasteiger partial charge < -0.3 is 25.0 Å². The first-order chi connectivity index (χ1) is 13.4. The number of ether oxygens (including phenoxy) is 1. The number of hydrogen-bond donors (Lipinski definition) is 2. The van der Waals surface area contributed by atoms with Gasteiger partial charge in [-0.25, -0.2) is 9.18 Å². The number of hydrogen-bond acceptors (Lipinski definition) is 5. The van der Waals surface area contributed by atoms with Gasteiger partial charge >= 0.3 is 6.09 Å². The minimum Gasteiger partial charge on any atom is -0.490 e. The van der Waals surface area contributed by atoms with Gasteiger partial charge in [0.15, 0.2) is 5.69 Å². The minimum atomic E-state index is -0.981. The van der Waals surface area contributed by atoms with Gasteiger partial charge in [-0.15, -0.1) is 0 Å². The zero-order valence-electron chi connectivity index (χ0n) is 15.0. The molecule has 8 nitrogen and oxygen atoms in total. The number of benzene rings is 1. The Hall–Kier alpha value is -3.10. The first-order valence-electron chi connectivity index (χ1n) is 9.08. The molecular formula is C19H20FN3O5. The third-order valence-electron chi connectivity index (χ3n) is 5.62. The van der Waals surface area contributed by atoms with Crippen LogP contribution < -0.4 is 10.5 Å². The fourth-order valence-corrected chi connectivity index (χ4v) is 4.42. The molecule has 3 N–H and O–H groups in total. The summed E-state index contributed by atoms with van der Waals surface area (Å²) in [7, 11) is 0. The van der Waals surface area contributed by atoms with Gasteiger partial charge in [0.2, 0.25) is 0 Å². The second-order valence-electron chi connectivity index (χ2n) is 7.34. The lowest BCUT2D eigenvalue weighted by molar-refractivity contribution is 0.0991. The number of aromatic nitrogens is 1. The highest BCUT2D eigenvalue weighted by atomic mass is 19.1. The van der Waals surface area contributed by atoms with Crippen LogP contribution in [0.3, 0.4) is 0 Å². The Bertz CT molecular complexity index is 884. The van der Waals surface area contributed by atoms with Crippen molar-refractivity contribution in [3.05, 3.63) is 47.6 Å². The van der Waals surface area contributed by atoms with E-state index in [1.54, 1.807) is 12.1 Å². The van der Waals surface area contributed by atoms with Crippen molar-refractivity contribution in [3.8, 4) is 5.75 Å². The molecule has 0 spiro atoms. The molecule has 148 valence electrons. The monoisotopic (exact) mass is 389 g/mol. The zero-order valence-corrected chi connectivity index (χ0v) is 15.0. The van der Waals surface area contributed by atoms with Crippen LogP contribution in [0, 0.1) is 17.7 Å². The van der Waals surface area contributed by atoms with E-state index in [4.69, 9.17) is 15.0 Å². The number of carbonyl (C=O) groups is 2. The fraction of sp³-hybridized carbons (Fsp3) is 0.421. The van der Waals surface area contributed by atoms with E-state index >= 15 is 0 Å². The lowest BCUT2D eigenvalue weighted by atomic mass is 9.91. The van der Waals surface area contributed by atoms with Crippen LogP contribution in [-0.2, 0) is 6.42 Å². The van der Waals surface area contributed by atoms with Crippen LogP contribution >= 0.6 is 0 Å². The van der Waals surface area contributed by atoms with Crippen molar-refractivity contribution in [2.45, 2.75) is 31.4 Å².